The van der Waals surface area contributed by atoms with Crippen molar-refractivity contribution in [3.8, 4) is 0 Å². The molecule has 2 N–H and O–H groups in total. The molecule has 0 radical (unpaired) electrons. The molecule has 0 aromatic heterocycles. The Balaban J connectivity index is 2.14. The minimum atomic E-state index is -0.290. The molecule has 0 unspecified atom stereocenters. The molecule has 0 heterocycles. The lowest BCUT2D eigenvalue weighted by Gasteiger charge is -2.06. The van der Waals surface area contributed by atoms with Crippen molar-refractivity contribution in [2.75, 3.05) is 26.4 Å². The molecular weight excluding hydrogens is 245 g/mol. The van der Waals surface area contributed by atoms with E-state index < -0.39 is 0 Å². The predicted octanol–water partition coefficient (Wildman–Crippen LogP) is 1.97. The Kier molecular flexibility index (Phi) is 7.12. The van der Waals surface area contributed by atoms with Gasteiger partial charge in [0.15, 0.2) is 0 Å². The molecule has 5 heteroatoms. The zero-order chi connectivity index (χ0) is 12.5. The molecule has 0 bridgehead atoms. The van der Waals surface area contributed by atoms with Crippen LogP contribution in [-0.2, 0) is 11.3 Å². The topological polar surface area (TPSA) is 41.5 Å². The molecule has 0 spiro atoms. The summed E-state index contributed by atoms with van der Waals surface area (Å²) < 4.78 is 18.4. The van der Waals surface area contributed by atoms with E-state index in [0.29, 0.717) is 30.3 Å². The van der Waals surface area contributed by atoms with E-state index >= 15 is 0 Å². The van der Waals surface area contributed by atoms with Crippen molar-refractivity contribution >= 4 is 11.6 Å². The monoisotopic (exact) mass is 261 g/mol. The van der Waals surface area contributed by atoms with Gasteiger partial charge in [0.2, 0.25) is 0 Å². The van der Waals surface area contributed by atoms with Gasteiger partial charge in [-0.1, -0.05) is 17.7 Å². The summed E-state index contributed by atoms with van der Waals surface area (Å²) in [6.07, 6.45) is 0.829. The zero-order valence-electron chi connectivity index (χ0n) is 9.59. The SMILES string of the molecule is OCCOCCCNCc1ccc(Cl)cc1F. The van der Waals surface area contributed by atoms with Gasteiger partial charge in [-0.05, 0) is 25.1 Å². The van der Waals surface area contributed by atoms with Crippen molar-refractivity contribution in [2.24, 2.45) is 0 Å². The van der Waals surface area contributed by atoms with Crippen LogP contribution < -0.4 is 5.32 Å². The Labute approximate surface area is 106 Å². The van der Waals surface area contributed by atoms with Gasteiger partial charge >= 0.3 is 0 Å². The fourth-order valence-electron chi connectivity index (χ4n) is 1.35. The minimum absolute atomic E-state index is 0.0451. The molecule has 0 fully saturated rings. The highest BCUT2D eigenvalue weighted by Crippen LogP contribution is 2.14. The maximum absolute atomic E-state index is 13.3. The number of ether oxygens (including phenoxy) is 1. The lowest BCUT2D eigenvalue weighted by Crippen LogP contribution is -2.17. The van der Waals surface area contributed by atoms with Crippen molar-refractivity contribution in [1.82, 2.24) is 5.32 Å². The molecule has 1 aromatic carbocycles. The molecule has 1 rings (SSSR count). The molecule has 0 amide bonds. The predicted molar refractivity (Wildman–Crippen MR) is 65.6 cm³/mol. The summed E-state index contributed by atoms with van der Waals surface area (Å²) in [5.74, 6) is -0.290. The van der Waals surface area contributed by atoms with E-state index in [9.17, 15) is 4.39 Å². The highest BCUT2D eigenvalue weighted by atomic mass is 35.5. The van der Waals surface area contributed by atoms with Gasteiger partial charge in [-0.25, -0.2) is 4.39 Å². The molecule has 0 aliphatic rings. The number of hydrogen-bond donors (Lipinski definition) is 2. The smallest absolute Gasteiger partial charge is 0.129 e. The van der Waals surface area contributed by atoms with Crippen molar-refractivity contribution in [1.29, 1.82) is 0 Å². The lowest BCUT2D eigenvalue weighted by atomic mass is 10.2. The number of rotatable bonds is 8. The van der Waals surface area contributed by atoms with Gasteiger partial charge in [0, 0.05) is 23.7 Å². The quantitative estimate of drug-likeness (QED) is 0.703. The Morgan fingerprint density at radius 3 is 2.88 bits per heavy atom. The van der Waals surface area contributed by atoms with Crippen LogP contribution in [-0.4, -0.2) is 31.5 Å². The summed E-state index contributed by atoms with van der Waals surface area (Å²) >= 11 is 5.65. The number of benzene rings is 1. The minimum Gasteiger partial charge on any atom is -0.394 e. The van der Waals surface area contributed by atoms with E-state index in [-0.39, 0.29) is 12.4 Å². The van der Waals surface area contributed by atoms with Crippen LogP contribution in [0.1, 0.15) is 12.0 Å². The number of aliphatic hydroxyl groups is 1. The molecule has 0 saturated heterocycles. The van der Waals surface area contributed by atoms with Crippen LogP contribution in [0.5, 0.6) is 0 Å². The summed E-state index contributed by atoms with van der Waals surface area (Å²) in [6.45, 7) is 2.22. The average Bonchev–Trinajstić information content (AvgIpc) is 2.30. The number of hydrogen-bond acceptors (Lipinski definition) is 3. The van der Waals surface area contributed by atoms with Crippen LogP contribution in [0.15, 0.2) is 18.2 Å². The summed E-state index contributed by atoms with van der Waals surface area (Å²) in [7, 11) is 0. The second-order valence-corrected chi connectivity index (χ2v) is 4.04. The molecule has 0 atom stereocenters. The fraction of sp³-hybridized carbons (Fsp3) is 0.500. The molecule has 0 aliphatic heterocycles. The first-order chi connectivity index (χ1) is 8.24. The number of aliphatic hydroxyl groups excluding tert-OH is 1. The van der Waals surface area contributed by atoms with E-state index in [1.807, 2.05) is 0 Å². The van der Waals surface area contributed by atoms with Gasteiger partial charge in [0.25, 0.3) is 0 Å². The fourth-order valence-corrected chi connectivity index (χ4v) is 1.51. The zero-order valence-corrected chi connectivity index (χ0v) is 10.3. The van der Waals surface area contributed by atoms with E-state index in [0.717, 1.165) is 13.0 Å². The van der Waals surface area contributed by atoms with Crippen LogP contribution in [0, 0.1) is 5.82 Å². The molecule has 3 nitrogen and oxygen atoms in total. The van der Waals surface area contributed by atoms with Gasteiger partial charge in [0.1, 0.15) is 5.82 Å². The largest absolute Gasteiger partial charge is 0.394 e. The Morgan fingerprint density at radius 2 is 2.18 bits per heavy atom. The Hall–Kier alpha value is -0.680. The maximum Gasteiger partial charge on any atom is 0.129 e. The maximum atomic E-state index is 13.3. The first kappa shape index (κ1) is 14.4. The molecule has 1 aromatic rings. The van der Waals surface area contributed by atoms with E-state index in [2.05, 4.69) is 5.32 Å². The summed E-state index contributed by atoms with van der Waals surface area (Å²) in [5.41, 5.74) is 0.602. The molecule has 17 heavy (non-hydrogen) atoms. The molecule has 0 saturated carbocycles. The number of halogens is 2. The lowest BCUT2D eigenvalue weighted by molar-refractivity contribution is 0.0907. The van der Waals surface area contributed by atoms with Crippen molar-refractivity contribution in [3.63, 3.8) is 0 Å². The van der Waals surface area contributed by atoms with Gasteiger partial charge in [0.05, 0.1) is 13.2 Å². The van der Waals surface area contributed by atoms with Crippen LogP contribution in [0.2, 0.25) is 5.02 Å². The van der Waals surface area contributed by atoms with Gasteiger partial charge in [-0.2, -0.15) is 0 Å². The first-order valence-corrected chi connectivity index (χ1v) is 5.95. The van der Waals surface area contributed by atoms with E-state index in [1.165, 1.54) is 6.07 Å². The van der Waals surface area contributed by atoms with Crippen LogP contribution in [0.4, 0.5) is 4.39 Å². The van der Waals surface area contributed by atoms with Crippen molar-refractivity contribution < 1.29 is 14.2 Å². The van der Waals surface area contributed by atoms with Crippen molar-refractivity contribution in [3.05, 3.63) is 34.6 Å². The summed E-state index contributed by atoms with van der Waals surface area (Å²) in [6, 6.07) is 4.65. The molecule has 0 aliphatic carbocycles. The highest BCUT2D eigenvalue weighted by Gasteiger charge is 2.01. The second kappa shape index (κ2) is 8.42. The summed E-state index contributed by atoms with van der Waals surface area (Å²) in [4.78, 5) is 0. The third-order valence-corrected chi connectivity index (χ3v) is 2.44. The second-order valence-electron chi connectivity index (χ2n) is 3.60. The van der Waals surface area contributed by atoms with Gasteiger partial charge in [-0.15, -0.1) is 0 Å². The normalized spacial score (nSPS) is 10.8. The first-order valence-electron chi connectivity index (χ1n) is 5.57. The van der Waals surface area contributed by atoms with E-state index in [4.69, 9.17) is 21.4 Å². The third-order valence-electron chi connectivity index (χ3n) is 2.21. The average molecular weight is 262 g/mol. The third kappa shape index (κ3) is 5.98. The highest BCUT2D eigenvalue weighted by molar-refractivity contribution is 6.30. The molecular formula is C12H17ClFNO2. The van der Waals surface area contributed by atoms with Crippen molar-refractivity contribution in [2.45, 2.75) is 13.0 Å². The van der Waals surface area contributed by atoms with E-state index in [1.54, 1.807) is 12.1 Å². The summed E-state index contributed by atoms with van der Waals surface area (Å²) in [5, 5.41) is 12.0. The van der Waals surface area contributed by atoms with Gasteiger partial charge < -0.3 is 15.2 Å². The number of nitrogens with one attached hydrogen (secondary N) is 1. The van der Waals surface area contributed by atoms with Crippen LogP contribution >= 0.6 is 11.6 Å². The molecule has 96 valence electrons. The van der Waals surface area contributed by atoms with Crippen LogP contribution in [0.25, 0.3) is 0 Å². The Morgan fingerprint density at radius 1 is 1.35 bits per heavy atom. The van der Waals surface area contributed by atoms with Crippen LogP contribution in [0.3, 0.4) is 0 Å². The standard InChI is InChI=1S/C12H17ClFNO2/c13-11-3-2-10(12(14)8-11)9-15-4-1-6-17-7-5-16/h2-3,8,15-16H,1,4-7,9H2. The Bertz CT molecular complexity index is 336. The van der Waals surface area contributed by atoms with Gasteiger partial charge in [-0.3, -0.25) is 0 Å².